The van der Waals surface area contributed by atoms with Gasteiger partial charge in [0, 0.05) is 12.6 Å². The first kappa shape index (κ1) is 15.2. The molecule has 2 unspecified atom stereocenters. The van der Waals surface area contributed by atoms with Crippen LogP contribution in [0.4, 0.5) is 11.4 Å². The maximum Gasteiger partial charge on any atom is 0.313 e. The SMILES string of the molecule is O=C(O)CSCC(=O)Nc1ccccc1N1CC2CCC1C2. The molecular weight excluding hydrogens is 300 g/mol. The summed E-state index contributed by atoms with van der Waals surface area (Å²) < 4.78 is 0. The van der Waals surface area contributed by atoms with E-state index in [9.17, 15) is 9.59 Å². The van der Waals surface area contributed by atoms with E-state index in [0.29, 0.717) is 6.04 Å². The van der Waals surface area contributed by atoms with Gasteiger partial charge in [-0.3, -0.25) is 9.59 Å². The minimum atomic E-state index is -0.897. The van der Waals surface area contributed by atoms with Gasteiger partial charge in [-0.25, -0.2) is 0 Å². The van der Waals surface area contributed by atoms with Crippen LogP contribution in [0.2, 0.25) is 0 Å². The summed E-state index contributed by atoms with van der Waals surface area (Å²) in [4.78, 5) is 24.9. The smallest absolute Gasteiger partial charge is 0.313 e. The molecule has 5 nitrogen and oxygen atoms in total. The van der Waals surface area contributed by atoms with Crippen LogP contribution in [-0.4, -0.2) is 41.1 Å². The summed E-state index contributed by atoms with van der Waals surface area (Å²) in [7, 11) is 0. The van der Waals surface area contributed by atoms with Crippen LogP contribution in [0, 0.1) is 5.92 Å². The lowest BCUT2D eigenvalue weighted by Crippen LogP contribution is -2.32. The molecule has 6 heteroatoms. The van der Waals surface area contributed by atoms with Crippen molar-refractivity contribution in [2.24, 2.45) is 5.92 Å². The number of benzene rings is 1. The molecule has 3 rings (SSSR count). The number of rotatable bonds is 6. The predicted molar refractivity (Wildman–Crippen MR) is 88.5 cm³/mol. The number of thioether (sulfide) groups is 1. The first-order chi connectivity index (χ1) is 10.6. The van der Waals surface area contributed by atoms with Gasteiger partial charge in [-0.1, -0.05) is 12.1 Å². The summed E-state index contributed by atoms with van der Waals surface area (Å²) in [5.74, 6) is -0.147. The Labute approximate surface area is 134 Å². The third-order valence-electron chi connectivity index (χ3n) is 4.36. The first-order valence-electron chi connectivity index (χ1n) is 7.58. The predicted octanol–water partition coefficient (Wildman–Crippen LogP) is 2.43. The van der Waals surface area contributed by atoms with Crippen molar-refractivity contribution in [1.29, 1.82) is 0 Å². The molecular formula is C16H20N2O3S. The number of para-hydroxylation sites is 2. The fraction of sp³-hybridized carbons (Fsp3) is 0.500. The Kier molecular flexibility index (Phi) is 4.57. The summed E-state index contributed by atoms with van der Waals surface area (Å²) in [6.07, 6.45) is 3.82. The van der Waals surface area contributed by atoms with Gasteiger partial charge in [0.15, 0.2) is 0 Å². The van der Waals surface area contributed by atoms with E-state index in [2.05, 4.69) is 16.3 Å². The van der Waals surface area contributed by atoms with E-state index in [1.807, 2.05) is 18.2 Å². The fourth-order valence-corrected chi connectivity index (χ4v) is 4.00. The van der Waals surface area contributed by atoms with Crippen LogP contribution in [-0.2, 0) is 9.59 Å². The molecule has 2 fully saturated rings. The van der Waals surface area contributed by atoms with Gasteiger partial charge in [-0.15, -0.1) is 11.8 Å². The molecule has 1 amide bonds. The molecule has 2 atom stereocenters. The van der Waals surface area contributed by atoms with Crippen molar-refractivity contribution < 1.29 is 14.7 Å². The fourth-order valence-electron chi connectivity index (χ4n) is 3.47. The van der Waals surface area contributed by atoms with Gasteiger partial charge >= 0.3 is 5.97 Å². The third kappa shape index (κ3) is 3.38. The minimum absolute atomic E-state index is 0.0506. The van der Waals surface area contributed by atoms with Crippen LogP contribution in [0.1, 0.15) is 19.3 Å². The molecule has 1 aromatic carbocycles. The molecule has 2 bridgehead atoms. The third-order valence-corrected chi connectivity index (χ3v) is 5.27. The maximum absolute atomic E-state index is 12.0. The number of nitrogens with zero attached hydrogens (tertiary/aromatic N) is 1. The Morgan fingerprint density at radius 2 is 2.09 bits per heavy atom. The normalized spacial score (nSPS) is 22.8. The molecule has 2 N–H and O–H groups in total. The number of carboxylic acids is 1. The molecule has 0 aromatic heterocycles. The molecule has 0 spiro atoms. The lowest BCUT2D eigenvalue weighted by Gasteiger charge is -2.31. The number of anilines is 2. The highest BCUT2D eigenvalue weighted by Crippen LogP contribution is 2.42. The lowest BCUT2D eigenvalue weighted by molar-refractivity contribution is -0.133. The number of carbonyl (C=O) groups excluding carboxylic acids is 1. The summed E-state index contributed by atoms with van der Waals surface area (Å²) in [6, 6.07) is 8.49. The molecule has 1 saturated carbocycles. The number of piperidine rings is 1. The summed E-state index contributed by atoms with van der Waals surface area (Å²) in [5.41, 5.74) is 1.92. The molecule has 2 aliphatic rings. The number of amides is 1. The average Bonchev–Trinajstić information content (AvgIpc) is 3.10. The first-order valence-corrected chi connectivity index (χ1v) is 8.74. The summed E-state index contributed by atoms with van der Waals surface area (Å²) in [6.45, 7) is 1.07. The van der Waals surface area contributed by atoms with Gasteiger partial charge < -0.3 is 15.3 Å². The van der Waals surface area contributed by atoms with Gasteiger partial charge in [0.2, 0.25) is 5.91 Å². The van der Waals surface area contributed by atoms with Crippen LogP contribution < -0.4 is 10.2 Å². The van der Waals surface area contributed by atoms with Crippen LogP contribution in [0.3, 0.4) is 0 Å². The van der Waals surface area contributed by atoms with E-state index < -0.39 is 5.97 Å². The largest absolute Gasteiger partial charge is 0.481 e. The van der Waals surface area contributed by atoms with E-state index in [1.165, 1.54) is 19.3 Å². The highest BCUT2D eigenvalue weighted by Gasteiger charge is 2.38. The zero-order valence-corrected chi connectivity index (χ0v) is 13.1. The van der Waals surface area contributed by atoms with Crippen LogP contribution in [0.5, 0.6) is 0 Å². The van der Waals surface area contributed by atoms with Crippen molar-refractivity contribution in [2.75, 3.05) is 28.3 Å². The zero-order valence-electron chi connectivity index (χ0n) is 12.3. The Hall–Kier alpha value is -1.69. The van der Waals surface area contributed by atoms with E-state index in [4.69, 9.17) is 5.11 Å². The van der Waals surface area contributed by atoms with Crippen LogP contribution in [0.15, 0.2) is 24.3 Å². The summed E-state index contributed by atoms with van der Waals surface area (Å²) >= 11 is 1.11. The van der Waals surface area contributed by atoms with Gasteiger partial charge in [-0.05, 0) is 37.3 Å². The second kappa shape index (κ2) is 6.60. The Balaban J connectivity index is 1.64. The van der Waals surface area contributed by atoms with Crippen LogP contribution >= 0.6 is 11.8 Å². The number of fused-ring (bicyclic) bond motifs is 2. The van der Waals surface area contributed by atoms with Crippen molar-refractivity contribution in [2.45, 2.75) is 25.3 Å². The number of carboxylic acid groups (broad SMARTS) is 1. The molecule has 1 aliphatic carbocycles. The molecule has 118 valence electrons. The molecule has 0 radical (unpaired) electrons. The Bertz CT molecular complexity index is 578. The standard InChI is InChI=1S/C16H20N2O3S/c19-15(9-22-10-16(20)21)17-13-3-1-2-4-14(13)18-8-11-5-6-12(18)7-11/h1-4,11-12H,5-10H2,(H,17,19)(H,20,21). The number of carbonyl (C=O) groups is 2. The number of hydrogen-bond donors (Lipinski definition) is 2. The van der Waals surface area contributed by atoms with Gasteiger partial charge in [0.05, 0.1) is 22.9 Å². The lowest BCUT2D eigenvalue weighted by atomic mass is 10.1. The zero-order chi connectivity index (χ0) is 15.5. The second-order valence-corrected chi connectivity index (χ2v) is 6.92. The molecule has 1 saturated heterocycles. The maximum atomic E-state index is 12.0. The van der Waals surface area contributed by atoms with Crippen molar-refractivity contribution >= 4 is 35.0 Å². The van der Waals surface area contributed by atoms with E-state index in [1.54, 1.807) is 0 Å². The Morgan fingerprint density at radius 1 is 1.27 bits per heavy atom. The number of aliphatic carboxylic acids is 1. The van der Waals surface area contributed by atoms with E-state index in [0.717, 1.165) is 35.6 Å². The molecule has 1 aromatic rings. The monoisotopic (exact) mass is 320 g/mol. The quantitative estimate of drug-likeness (QED) is 0.842. The second-order valence-electron chi connectivity index (χ2n) is 5.94. The highest BCUT2D eigenvalue weighted by atomic mass is 32.2. The minimum Gasteiger partial charge on any atom is -0.481 e. The highest BCUT2D eigenvalue weighted by molar-refractivity contribution is 8.00. The van der Waals surface area contributed by atoms with E-state index in [-0.39, 0.29) is 17.4 Å². The van der Waals surface area contributed by atoms with Crippen molar-refractivity contribution in [3.05, 3.63) is 24.3 Å². The van der Waals surface area contributed by atoms with Crippen molar-refractivity contribution in [3.63, 3.8) is 0 Å². The van der Waals surface area contributed by atoms with Crippen molar-refractivity contribution in [3.8, 4) is 0 Å². The van der Waals surface area contributed by atoms with Gasteiger partial charge in [0.1, 0.15) is 0 Å². The van der Waals surface area contributed by atoms with Gasteiger partial charge in [0.25, 0.3) is 0 Å². The topological polar surface area (TPSA) is 69.6 Å². The molecule has 1 heterocycles. The summed E-state index contributed by atoms with van der Waals surface area (Å²) in [5, 5.41) is 11.5. The molecule has 1 aliphatic heterocycles. The number of hydrogen-bond acceptors (Lipinski definition) is 4. The molecule has 22 heavy (non-hydrogen) atoms. The Morgan fingerprint density at radius 3 is 2.77 bits per heavy atom. The van der Waals surface area contributed by atoms with Crippen molar-refractivity contribution in [1.82, 2.24) is 0 Å². The van der Waals surface area contributed by atoms with Gasteiger partial charge in [-0.2, -0.15) is 0 Å². The van der Waals surface area contributed by atoms with E-state index >= 15 is 0 Å². The van der Waals surface area contributed by atoms with Crippen LogP contribution in [0.25, 0.3) is 0 Å². The average molecular weight is 320 g/mol. The number of nitrogens with one attached hydrogen (secondary N) is 1.